The molecular weight excluding hydrogens is 232 g/mol. The van der Waals surface area contributed by atoms with Crippen LogP contribution in [0.1, 0.15) is 16.2 Å². The lowest BCUT2D eigenvalue weighted by Crippen LogP contribution is -2.46. The van der Waals surface area contributed by atoms with Gasteiger partial charge in [-0.25, -0.2) is 0 Å². The van der Waals surface area contributed by atoms with Gasteiger partial charge in [-0.15, -0.1) is 0 Å². The fourth-order valence-electron chi connectivity index (χ4n) is 2.13. The number of hydrogen-bond acceptors (Lipinski definition) is 4. The number of carbonyl (C=O) groups excluding carboxylic acids is 1. The van der Waals surface area contributed by atoms with Crippen molar-refractivity contribution in [2.24, 2.45) is 7.05 Å². The Balaban J connectivity index is 1.97. The third kappa shape index (κ3) is 2.88. The molecule has 0 aromatic carbocycles. The molecule has 100 valence electrons. The number of rotatable bonds is 3. The standard InChI is InChI=1S/C12H20N4O2/c1-9-6-11(16(3)14-9)12(17)15(2)8-10-7-13-4-5-18-10/h6,10,13H,4-5,7-8H2,1-3H3. The Morgan fingerprint density at radius 3 is 3.06 bits per heavy atom. The molecule has 6 nitrogen and oxygen atoms in total. The van der Waals surface area contributed by atoms with Gasteiger partial charge in [-0.1, -0.05) is 0 Å². The van der Waals surface area contributed by atoms with Crippen molar-refractivity contribution in [3.63, 3.8) is 0 Å². The fourth-order valence-corrected chi connectivity index (χ4v) is 2.13. The average molecular weight is 252 g/mol. The van der Waals surface area contributed by atoms with Gasteiger partial charge in [0, 0.05) is 33.7 Å². The minimum atomic E-state index is -0.0210. The highest BCUT2D eigenvalue weighted by Crippen LogP contribution is 2.07. The van der Waals surface area contributed by atoms with E-state index in [-0.39, 0.29) is 12.0 Å². The molecule has 0 spiro atoms. The van der Waals surface area contributed by atoms with Crippen molar-refractivity contribution < 1.29 is 9.53 Å². The number of likely N-dealkylation sites (N-methyl/N-ethyl adjacent to an activating group) is 1. The number of nitrogens with one attached hydrogen (secondary N) is 1. The monoisotopic (exact) mass is 252 g/mol. The third-order valence-electron chi connectivity index (χ3n) is 3.05. The number of amides is 1. The van der Waals surface area contributed by atoms with Gasteiger partial charge in [0.05, 0.1) is 18.4 Å². The Morgan fingerprint density at radius 2 is 2.50 bits per heavy atom. The molecule has 6 heteroatoms. The van der Waals surface area contributed by atoms with Crippen LogP contribution in [-0.4, -0.2) is 60.0 Å². The topological polar surface area (TPSA) is 59.4 Å². The third-order valence-corrected chi connectivity index (χ3v) is 3.05. The van der Waals surface area contributed by atoms with Gasteiger partial charge in [-0.2, -0.15) is 5.10 Å². The summed E-state index contributed by atoms with van der Waals surface area (Å²) in [4.78, 5) is 13.9. The van der Waals surface area contributed by atoms with Gasteiger partial charge < -0.3 is 15.0 Å². The number of nitrogens with zero attached hydrogens (tertiary/aromatic N) is 3. The van der Waals surface area contributed by atoms with E-state index in [1.165, 1.54) is 0 Å². The molecule has 1 aliphatic heterocycles. The lowest BCUT2D eigenvalue weighted by molar-refractivity contribution is 0.0101. The normalized spacial score (nSPS) is 19.8. The highest BCUT2D eigenvalue weighted by atomic mass is 16.5. The SMILES string of the molecule is Cc1cc(C(=O)N(C)CC2CNCCO2)n(C)n1. The van der Waals surface area contributed by atoms with E-state index in [1.54, 1.807) is 29.7 Å². The molecule has 2 rings (SSSR count). The first-order valence-corrected chi connectivity index (χ1v) is 6.16. The van der Waals surface area contributed by atoms with E-state index in [1.807, 2.05) is 6.92 Å². The van der Waals surface area contributed by atoms with Gasteiger partial charge in [-0.3, -0.25) is 9.48 Å². The number of morpholine rings is 1. The minimum absolute atomic E-state index is 0.0210. The molecule has 0 saturated carbocycles. The van der Waals surface area contributed by atoms with Crippen LogP contribution in [0.3, 0.4) is 0 Å². The first-order chi connectivity index (χ1) is 8.58. The van der Waals surface area contributed by atoms with Gasteiger partial charge in [0.25, 0.3) is 5.91 Å². The first kappa shape index (κ1) is 13.0. The molecule has 1 saturated heterocycles. The molecule has 0 aliphatic carbocycles. The molecule has 1 atom stereocenters. The molecule has 1 aliphatic rings. The van der Waals surface area contributed by atoms with E-state index < -0.39 is 0 Å². The molecule has 1 aromatic heterocycles. The van der Waals surface area contributed by atoms with Crippen molar-refractivity contribution in [3.05, 3.63) is 17.5 Å². The Bertz CT molecular complexity index is 424. The van der Waals surface area contributed by atoms with Crippen molar-refractivity contribution in [2.75, 3.05) is 33.3 Å². The summed E-state index contributed by atoms with van der Waals surface area (Å²) in [6.07, 6.45) is 0.0713. The second-order valence-electron chi connectivity index (χ2n) is 4.68. The summed E-state index contributed by atoms with van der Waals surface area (Å²) in [7, 11) is 3.58. The second-order valence-corrected chi connectivity index (χ2v) is 4.68. The Hall–Kier alpha value is -1.40. The fraction of sp³-hybridized carbons (Fsp3) is 0.667. The molecule has 18 heavy (non-hydrogen) atoms. The molecule has 1 fully saturated rings. The number of ether oxygens (including phenoxy) is 1. The predicted octanol–water partition coefficient (Wildman–Crippen LogP) is -0.211. The zero-order valence-corrected chi connectivity index (χ0v) is 11.1. The summed E-state index contributed by atoms with van der Waals surface area (Å²) in [5, 5.41) is 7.44. The van der Waals surface area contributed by atoms with Gasteiger partial charge in [0.2, 0.25) is 0 Å². The van der Waals surface area contributed by atoms with E-state index in [2.05, 4.69) is 10.4 Å². The second kappa shape index (κ2) is 5.49. The maximum Gasteiger partial charge on any atom is 0.271 e. The van der Waals surface area contributed by atoms with E-state index in [0.717, 1.165) is 18.8 Å². The highest BCUT2D eigenvalue weighted by molar-refractivity contribution is 5.92. The minimum Gasteiger partial charge on any atom is -0.374 e. The van der Waals surface area contributed by atoms with Crippen LogP contribution in [0.2, 0.25) is 0 Å². The quantitative estimate of drug-likeness (QED) is 0.808. The van der Waals surface area contributed by atoms with Crippen molar-refractivity contribution in [1.82, 2.24) is 20.0 Å². The summed E-state index contributed by atoms with van der Waals surface area (Å²) in [5.74, 6) is -0.0210. The lowest BCUT2D eigenvalue weighted by atomic mass is 10.2. The summed E-state index contributed by atoms with van der Waals surface area (Å²) in [6, 6.07) is 1.80. The Morgan fingerprint density at radius 1 is 1.72 bits per heavy atom. The van der Waals surface area contributed by atoms with Gasteiger partial charge in [0.1, 0.15) is 5.69 Å². The lowest BCUT2D eigenvalue weighted by Gasteiger charge is -2.28. The average Bonchev–Trinajstić information content (AvgIpc) is 2.68. The highest BCUT2D eigenvalue weighted by Gasteiger charge is 2.21. The maximum absolute atomic E-state index is 12.2. The number of aryl methyl sites for hydroxylation is 2. The van der Waals surface area contributed by atoms with Crippen LogP contribution < -0.4 is 5.32 Å². The molecular formula is C12H20N4O2. The van der Waals surface area contributed by atoms with Gasteiger partial charge in [-0.05, 0) is 13.0 Å². The van der Waals surface area contributed by atoms with Crippen LogP contribution in [-0.2, 0) is 11.8 Å². The molecule has 1 amide bonds. The van der Waals surface area contributed by atoms with Gasteiger partial charge in [0.15, 0.2) is 0 Å². The molecule has 1 aromatic rings. The van der Waals surface area contributed by atoms with Crippen molar-refractivity contribution in [2.45, 2.75) is 13.0 Å². The largest absolute Gasteiger partial charge is 0.374 e. The van der Waals surface area contributed by atoms with Crippen LogP contribution in [0.15, 0.2) is 6.07 Å². The zero-order chi connectivity index (χ0) is 13.1. The number of aromatic nitrogens is 2. The predicted molar refractivity (Wildman–Crippen MR) is 67.5 cm³/mol. The van der Waals surface area contributed by atoms with Crippen LogP contribution in [0, 0.1) is 6.92 Å². The van der Waals surface area contributed by atoms with E-state index >= 15 is 0 Å². The number of hydrogen-bond donors (Lipinski definition) is 1. The van der Waals surface area contributed by atoms with E-state index in [4.69, 9.17) is 4.74 Å². The molecule has 0 radical (unpaired) electrons. The summed E-state index contributed by atoms with van der Waals surface area (Å²) >= 11 is 0. The van der Waals surface area contributed by atoms with Crippen LogP contribution in [0.4, 0.5) is 0 Å². The van der Waals surface area contributed by atoms with Crippen molar-refractivity contribution in [3.8, 4) is 0 Å². The molecule has 1 N–H and O–H groups in total. The maximum atomic E-state index is 12.2. The van der Waals surface area contributed by atoms with Crippen molar-refractivity contribution >= 4 is 5.91 Å². The molecule has 0 bridgehead atoms. The van der Waals surface area contributed by atoms with E-state index in [0.29, 0.717) is 18.8 Å². The zero-order valence-electron chi connectivity index (χ0n) is 11.1. The smallest absolute Gasteiger partial charge is 0.271 e. The van der Waals surface area contributed by atoms with Crippen LogP contribution in [0.5, 0.6) is 0 Å². The van der Waals surface area contributed by atoms with Gasteiger partial charge >= 0.3 is 0 Å². The molecule has 2 heterocycles. The summed E-state index contributed by atoms with van der Waals surface area (Å²) < 4.78 is 7.21. The van der Waals surface area contributed by atoms with E-state index in [9.17, 15) is 4.79 Å². The van der Waals surface area contributed by atoms with Crippen molar-refractivity contribution in [1.29, 1.82) is 0 Å². The Kier molecular flexibility index (Phi) is 3.98. The van der Waals surface area contributed by atoms with Crippen LogP contribution in [0.25, 0.3) is 0 Å². The summed E-state index contributed by atoms with van der Waals surface area (Å²) in [6.45, 7) is 4.86. The first-order valence-electron chi connectivity index (χ1n) is 6.16. The molecule has 1 unspecified atom stereocenters. The summed E-state index contributed by atoms with van der Waals surface area (Å²) in [5.41, 5.74) is 1.46. The number of carbonyl (C=O) groups is 1. The Labute approximate surface area is 107 Å². The van der Waals surface area contributed by atoms with Crippen LogP contribution >= 0.6 is 0 Å².